The molecule has 2 aromatic rings. The van der Waals surface area contributed by atoms with Crippen LogP contribution in [0.25, 0.3) is 5.57 Å². The molecule has 0 bridgehead atoms. The van der Waals surface area contributed by atoms with Crippen LogP contribution in [0.2, 0.25) is 0 Å². The summed E-state index contributed by atoms with van der Waals surface area (Å²) in [5.74, 6) is 0.814. The molecule has 1 aliphatic heterocycles. The molecule has 0 radical (unpaired) electrons. The topological polar surface area (TPSA) is 76.1 Å². The number of rotatable bonds is 8. The number of ether oxygens (including phenoxy) is 2. The van der Waals surface area contributed by atoms with Crippen molar-refractivity contribution >= 4 is 40.5 Å². The van der Waals surface area contributed by atoms with Crippen LogP contribution in [0.5, 0.6) is 11.5 Å². The van der Waals surface area contributed by atoms with E-state index >= 15 is 0 Å². The van der Waals surface area contributed by atoms with E-state index in [0.29, 0.717) is 27.7 Å². The lowest BCUT2D eigenvalue weighted by Crippen LogP contribution is -2.30. The molecule has 1 aliphatic rings. The molecule has 0 atom stereocenters. The van der Waals surface area contributed by atoms with Crippen LogP contribution in [-0.4, -0.2) is 48.4 Å². The van der Waals surface area contributed by atoms with Crippen LogP contribution in [0, 0.1) is 0 Å². The Balaban J connectivity index is 1.90. The van der Waals surface area contributed by atoms with Crippen LogP contribution in [0.15, 0.2) is 40.6 Å². The summed E-state index contributed by atoms with van der Waals surface area (Å²) in [5, 5.41) is 11.0. The number of carbonyl (C=O) groups is 2. The summed E-state index contributed by atoms with van der Waals surface area (Å²) in [6.07, 6.45) is 0. The summed E-state index contributed by atoms with van der Waals surface area (Å²) < 4.78 is 10.5. The Kier molecular flexibility index (Phi) is 6.20. The van der Waals surface area contributed by atoms with Gasteiger partial charge in [0.05, 0.1) is 37.8 Å². The Labute approximate surface area is 165 Å². The maximum atomic E-state index is 13.0. The fraction of sp³-hybridized carbons (Fsp3) is 0.263. The molecule has 142 valence electrons. The summed E-state index contributed by atoms with van der Waals surface area (Å²) in [6, 6.07) is 8.96. The zero-order valence-corrected chi connectivity index (χ0v) is 16.6. The van der Waals surface area contributed by atoms with Crippen molar-refractivity contribution in [3.8, 4) is 11.5 Å². The van der Waals surface area contributed by atoms with Crippen molar-refractivity contribution in [2.75, 3.05) is 26.6 Å². The molecule has 0 unspecified atom stereocenters. The zero-order valence-electron chi connectivity index (χ0n) is 14.9. The molecular formula is C19H19NO5S2. The number of thiophene rings is 1. The van der Waals surface area contributed by atoms with Crippen LogP contribution in [-0.2, 0) is 16.1 Å². The van der Waals surface area contributed by atoms with Crippen molar-refractivity contribution in [2.24, 2.45) is 0 Å². The zero-order chi connectivity index (χ0) is 19.4. The van der Waals surface area contributed by atoms with Gasteiger partial charge in [-0.15, -0.1) is 23.1 Å². The second-order valence-electron chi connectivity index (χ2n) is 5.64. The van der Waals surface area contributed by atoms with Gasteiger partial charge in [0.2, 0.25) is 0 Å². The Hall–Kier alpha value is -2.29. The maximum absolute atomic E-state index is 13.0. The lowest BCUT2D eigenvalue weighted by Gasteiger charge is -2.16. The summed E-state index contributed by atoms with van der Waals surface area (Å²) in [5.41, 5.74) is 1.17. The molecule has 6 nitrogen and oxygen atoms in total. The predicted molar refractivity (Wildman–Crippen MR) is 106 cm³/mol. The monoisotopic (exact) mass is 405 g/mol. The van der Waals surface area contributed by atoms with Crippen LogP contribution >= 0.6 is 23.1 Å². The number of imide groups is 1. The molecule has 0 saturated heterocycles. The van der Waals surface area contributed by atoms with Crippen LogP contribution < -0.4 is 9.47 Å². The van der Waals surface area contributed by atoms with E-state index in [9.17, 15) is 9.59 Å². The largest absolute Gasteiger partial charge is 0.493 e. The first kappa shape index (κ1) is 19.5. The second-order valence-corrected chi connectivity index (χ2v) is 7.69. The Bertz CT molecular complexity index is 876. The van der Waals surface area contributed by atoms with Crippen molar-refractivity contribution in [1.29, 1.82) is 0 Å². The first-order chi connectivity index (χ1) is 13.1. The Morgan fingerprint density at radius 2 is 1.89 bits per heavy atom. The highest BCUT2D eigenvalue weighted by Gasteiger charge is 2.39. The van der Waals surface area contributed by atoms with E-state index < -0.39 is 0 Å². The summed E-state index contributed by atoms with van der Waals surface area (Å²) in [4.78, 5) is 28.3. The van der Waals surface area contributed by atoms with Gasteiger partial charge in [0.15, 0.2) is 11.5 Å². The molecule has 0 aliphatic carbocycles. The highest BCUT2D eigenvalue weighted by atomic mass is 32.2. The molecular weight excluding hydrogens is 386 g/mol. The number of aliphatic hydroxyl groups excluding tert-OH is 1. The van der Waals surface area contributed by atoms with Gasteiger partial charge in [0.1, 0.15) is 0 Å². The van der Waals surface area contributed by atoms with Gasteiger partial charge >= 0.3 is 0 Å². The third kappa shape index (κ3) is 3.87. The smallest absolute Gasteiger partial charge is 0.268 e. The first-order valence-electron chi connectivity index (χ1n) is 8.19. The summed E-state index contributed by atoms with van der Waals surface area (Å²) >= 11 is 2.62. The van der Waals surface area contributed by atoms with E-state index in [4.69, 9.17) is 14.6 Å². The van der Waals surface area contributed by atoms with Crippen molar-refractivity contribution < 1.29 is 24.2 Å². The standard InChI is InChI=1S/C19H19NO5S2/c1-24-13-6-5-12(10-14(13)25-2)11-20-18(22)16(15-4-3-8-26-15)17(19(20)23)27-9-7-21/h3-6,8,10,21H,7,9,11H2,1-2H3. The van der Waals surface area contributed by atoms with Gasteiger partial charge in [-0.2, -0.15) is 0 Å². The molecule has 3 rings (SSSR count). The fourth-order valence-corrected chi connectivity index (χ4v) is 4.48. The van der Waals surface area contributed by atoms with E-state index in [1.165, 1.54) is 35.1 Å². The lowest BCUT2D eigenvalue weighted by atomic mass is 10.2. The quantitative estimate of drug-likeness (QED) is 0.681. The number of aliphatic hydroxyl groups is 1. The third-order valence-corrected chi connectivity index (χ3v) is 5.96. The summed E-state index contributed by atoms with van der Waals surface area (Å²) in [6.45, 7) is 0.0686. The van der Waals surface area contributed by atoms with Crippen LogP contribution in [0.1, 0.15) is 10.4 Å². The van der Waals surface area contributed by atoms with Gasteiger partial charge < -0.3 is 14.6 Å². The molecule has 27 heavy (non-hydrogen) atoms. The van der Waals surface area contributed by atoms with Crippen LogP contribution in [0.3, 0.4) is 0 Å². The average molecular weight is 405 g/mol. The molecule has 0 fully saturated rings. The highest BCUT2D eigenvalue weighted by Crippen LogP contribution is 2.38. The Morgan fingerprint density at radius 1 is 1.11 bits per heavy atom. The van der Waals surface area contributed by atoms with Crippen LogP contribution in [0.4, 0.5) is 0 Å². The van der Waals surface area contributed by atoms with E-state index in [0.717, 1.165) is 10.4 Å². The molecule has 0 saturated carbocycles. The van der Waals surface area contributed by atoms with Gasteiger partial charge in [-0.05, 0) is 29.1 Å². The molecule has 1 aromatic carbocycles. The Morgan fingerprint density at radius 3 is 2.52 bits per heavy atom. The van der Waals surface area contributed by atoms with Gasteiger partial charge in [-0.1, -0.05) is 12.1 Å². The first-order valence-corrected chi connectivity index (χ1v) is 10.1. The number of carbonyl (C=O) groups excluding carboxylic acids is 2. The van der Waals surface area contributed by atoms with E-state index in [2.05, 4.69) is 0 Å². The number of amides is 2. The number of thioether (sulfide) groups is 1. The number of hydrogen-bond acceptors (Lipinski definition) is 7. The molecule has 0 spiro atoms. The molecule has 1 N–H and O–H groups in total. The van der Waals surface area contributed by atoms with Gasteiger partial charge in [0.25, 0.3) is 11.8 Å². The number of methoxy groups -OCH3 is 2. The SMILES string of the molecule is COc1ccc(CN2C(=O)C(SCCO)=C(c3cccs3)C2=O)cc1OC. The minimum Gasteiger partial charge on any atom is -0.493 e. The number of benzene rings is 1. The van der Waals surface area contributed by atoms with Crippen molar-refractivity contribution in [2.45, 2.75) is 6.54 Å². The molecule has 2 heterocycles. The highest BCUT2D eigenvalue weighted by molar-refractivity contribution is 8.04. The van der Waals surface area contributed by atoms with E-state index in [1.54, 1.807) is 25.3 Å². The second kappa shape index (κ2) is 8.60. The van der Waals surface area contributed by atoms with Crippen molar-refractivity contribution in [1.82, 2.24) is 4.90 Å². The van der Waals surface area contributed by atoms with Gasteiger partial charge in [-0.3, -0.25) is 14.5 Å². The van der Waals surface area contributed by atoms with Gasteiger partial charge in [0, 0.05) is 10.6 Å². The van der Waals surface area contributed by atoms with Crippen molar-refractivity contribution in [3.05, 3.63) is 51.1 Å². The minimum atomic E-state index is -0.336. The molecule has 2 amide bonds. The predicted octanol–water partition coefficient (Wildman–Crippen LogP) is 2.77. The minimum absolute atomic E-state index is 0.0664. The fourth-order valence-electron chi connectivity index (χ4n) is 2.78. The normalized spacial score (nSPS) is 14.3. The molecule has 8 heteroatoms. The van der Waals surface area contributed by atoms with Gasteiger partial charge in [-0.25, -0.2) is 0 Å². The molecule has 1 aromatic heterocycles. The summed E-state index contributed by atoms with van der Waals surface area (Å²) in [7, 11) is 3.08. The number of hydrogen-bond donors (Lipinski definition) is 1. The third-order valence-electron chi connectivity index (χ3n) is 4.02. The van der Waals surface area contributed by atoms with Crippen molar-refractivity contribution in [3.63, 3.8) is 0 Å². The van der Waals surface area contributed by atoms with E-state index in [-0.39, 0.29) is 25.0 Å². The average Bonchev–Trinajstić information content (AvgIpc) is 3.28. The number of nitrogens with zero attached hydrogens (tertiary/aromatic N) is 1. The lowest BCUT2D eigenvalue weighted by molar-refractivity contribution is -0.137. The van der Waals surface area contributed by atoms with E-state index in [1.807, 2.05) is 17.5 Å². The maximum Gasteiger partial charge on any atom is 0.268 e.